The fourth-order valence-electron chi connectivity index (χ4n) is 5.33. The van der Waals surface area contributed by atoms with Crippen LogP contribution in [0.1, 0.15) is 35.2 Å². The lowest BCUT2D eigenvalue weighted by molar-refractivity contribution is -0.137. The molecule has 1 unspecified atom stereocenters. The van der Waals surface area contributed by atoms with E-state index in [9.17, 15) is 22.8 Å². The van der Waals surface area contributed by atoms with Gasteiger partial charge in [0.25, 0.3) is 5.91 Å². The Morgan fingerprint density at radius 2 is 1.65 bits per heavy atom. The predicted octanol–water partition coefficient (Wildman–Crippen LogP) is 3.69. The minimum atomic E-state index is -4.48. The van der Waals surface area contributed by atoms with E-state index in [0.717, 1.165) is 37.5 Å². The van der Waals surface area contributed by atoms with E-state index in [-0.39, 0.29) is 28.7 Å². The highest BCUT2D eigenvalue weighted by Gasteiger charge is 2.59. The molecule has 6 nitrogen and oxygen atoms in total. The highest BCUT2D eigenvalue weighted by atomic mass is 19.4. The van der Waals surface area contributed by atoms with Gasteiger partial charge in [-0.15, -0.1) is 0 Å². The third kappa shape index (κ3) is 4.35. The van der Waals surface area contributed by atoms with Gasteiger partial charge < -0.3 is 14.7 Å². The van der Waals surface area contributed by atoms with Gasteiger partial charge in [0.15, 0.2) is 0 Å². The second kappa shape index (κ2) is 8.60. The van der Waals surface area contributed by atoms with Gasteiger partial charge in [-0.1, -0.05) is 12.1 Å². The molecule has 34 heavy (non-hydrogen) atoms. The second-order valence-electron chi connectivity index (χ2n) is 9.49. The molecule has 2 saturated heterocycles. The highest BCUT2D eigenvalue weighted by Crippen LogP contribution is 2.60. The number of piperidine rings is 1. The van der Waals surface area contributed by atoms with Gasteiger partial charge in [-0.25, -0.2) is 4.98 Å². The van der Waals surface area contributed by atoms with Crippen molar-refractivity contribution < 1.29 is 22.8 Å². The van der Waals surface area contributed by atoms with Gasteiger partial charge in [-0.05, 0) is 55.0 Å². The van der Waals surface area contributed by atoms with E-state index in [2.05, 4.69) is 9.88 Å². The molecular weight excluding hydrogens is 445 g/mol. The Balaban J connectivity index is 1.14. The molecule has 1 saturated carbocycles. The Morgan fingerprint density at radius 1 is 0.912 bits per heavy atom. The molecule has 1 spiro atoms. The third-order valence-electron chi connectivity index (χ3n) is 7.54. The zero-order valence-electron chi connectivity index (χ0n) is 18.8. The summed E-state index contributed by atoms with van der Waals surface area (Å²) in [5.74, 6) is 0.725. The molecule has 2 amide bonds. The number of hydrogen-bond donors (Lipinski definition) is 0. The molecule has 9 heteroatoms. The molecule has 180 valence electrons. The molecule has 3 aliphatic rings. The van der Waals surface area contributed by atoms with Crippen molar-refractivity contribution in [2.75, 3.05) is 44.2 Å². The number of likely N-dealkylation sites (tertiary alicyclic amines) is 1. The van der Waals surface area contributed by atoms with Crippen LogP contribution in [0.15, 0.2) is 48.7 Å². The van der Waals surface area contributed by atoms with Crippen LogP contribution in [0.5, 0.6) is 0 Å². The lowest BCUT2D eigenvalue weighted by Gasteiger charge is -2.37. The summed E-state index contributed by atoms with van der Waals surface area (Å²) in [5, 5.41) is 0. The predicted molar refractivity (Wildman–Crippen MR) is 120 cm³/mol. The molecule has 3 heterocycles. The van der Waals surface area contributed by atoms with Crippen LogP contribution in [0.2, 0.25) is 0 Å². The SMILES string of the molecule is O=C(c1cccc(C(F)(F)F)c1)N1CCC2(CC1)CC2C(=O)N1CCN(c2ccccn2)CC1. The van der Waals surface area contributed by atoms with Crippen LogP contribution in [0, 0.1) is 11.3 Å². The van der Waals surface area contributed by atoms with Crippen LogP contribution in [-0.4, -0.2) is 65.9 Å². The quantitative estimate of drug-likeness (QED) is 0.684. The summed E-state index contributed by atoms with van der Waals surface area (Å²) < 4.78 is 39.0. The number of aromatic nitrogens is 1. The number of anilines is 1. The van der Waals surface area contributed by atoms with Crippen LogP contribution < -0.4 is 4.90 Å². The number of pyridine rings is 1. The first-order chi connectivity index (χ1) is 16.3. The van der Waals surface area contributed by atoms with E-state index >= 15 is 0 Å². The van der Waals surface area contributed by atoms with Gasteiger partial charge in [-0.2, -0.15) is 13.2 Å². The van der Waals surface area contributed by atoms with Crippen molar-refractivity contribution in [3.8, 4) is 0 Å². The molecule has 2 aliphatic heterocycles. The first-order valence-electron chi connectivity index (χ1n) is 11.7. The van der Waals surface area contributed by atoms with Crippen molar-refractivity contribution in [2.45, 2.75) is 25.4 Å². The summed E-state index contributed by atoms with van der Waals surface area (Å²) >= 11 is 0. The smallest absolute Gasteiger partial charge is 0.353 e. The summed E-state index contributed by atoms with van der Waals surface area (Å²) in [5.41, 5.74) is -0.831. The first kappa shape index (κ1) is 22.7. The monoisotopic (exact) mass is 472 g/mol. The summed E-state index contributed by atoms with van der Waals surface area (Å²) in [6, 6.07) is 10.4. The molecule has 1 aromatic carbocycles. The summed E-state index contributed by atoms with van der Waals surface area (Å²) in [6.07, 6.45) is -0.459. The molecular formula is C25H27F3N4O2. The topological polar surface area (TPSA) is 56.8 Å². The molecule has 3 fully saturated rings. The maximum atomic E-state index is 13.2. The number of halogens is 3. The molecule has 0 bridgehead atoms. The minimum Gasteiger partial charge on any atom is -0.353 e. The van der Waals surface area contributed by atoms with E-state index in [0.29, 0.717) is 39.0 Å². The number of amides is 2. The maximum Gasteiger partial charge on any atom is 0.416 e. The Kier molecular flexibility index (Phi) is 5.73. The molecule has 1 aliphatic carbocycles. The Bertz CT molecular complexity index is 1060. The summed E-state index contributed by atoms with van der Waals surface area (Å²) in [6.45, 7) is 3.77. The normalized spacial score (nSPS) is 22.1. The Labute approximate surface area is 196 Å². The van der Waals surface area contributed by atoms with Crippen LogP contribution in [-0.2, 0) is 11.0 Å². The van der Waals surface area contributed by atoms with Crippen LogP contribution >= 0.6 is 0 Å². The van der Waals surface area contributed by atoms with E-state index in [1.807, 2.05) is 23.1 Å². The van der Waals surface area contributed by atoms with Crippen molar-refractivity contribution in [1.82, 2.24) is 14.8 Å². The van der Waals surface area contributed by atoms with Crippen molar-refractivity contribution in [2.24, 2.45) is 11.3 Å². The fraction of sp³-hybridized carbons (Fsp3) is 0.480. The second-order valence-corrected chi connectivity index (χ2v) is 9.49. The molecule has 0 N–H and O–H groups in total. The van der Waals surface area contributed by atoms with E-state index < -0.39 is 11.7 Å². The van der Waals surface area contributed by atoms with Gasteiger partial charge in [-0.3, -0.25) is 9.59 Å². The lowest BCUT2D eigenvalue weighted by Crippen LogP contribution is -2.50. The zero-order chi connectivity index (χ0) is 23.9. The summed E-state index contributed by atoms with van der Waals surface area (Å²) in [4.78, 5) is 36.1. The molecule has 0 radical (unpaired) electrons. The van der Waals surface area contributed by atoms with Crippen molar-refractivity contribution in [1.29, 1.82) is 0 Å². The number of carbonyl (C=O) groups is 2. The number of nitrogens with zero attached hydrogens (tertiary/aromatic N) is 4. The van der Waals surface area contributed by atoms with Crippen molar-refractivity contribution in [3.05, 3.63) is 59.8 Å². The van der Waals surface area contributed by atoms with E-state index in [1.54, 1.807) is 11.1 Å². The van der Waals surface area contributed by atoms with Gasteiger partial charge in [0.1, 0.15) is 5.82 Å². The Morgan fingerprint density at radius 3 is 2.29 bits per heavy atom. The molecule has 1 atom stereocenters. The molecule has 5 rings (SSSR count). The summed E-state index contributed by atoms with van der Waals surface area (Å²) in [7, 11) is 0. The largest absolute Gasteiger partial charge is 0.416 e. The van der Waals surface area contributed by atoms with Gasteiger partial charge in [0.2, 0.25) is 5.91 Å². The highest BCUT2D eigenvalue weighted by molar-refractivity contribution is 5.94. The number of benzene rings is 1. The van der Waals surface area contributed by atoms with Gasteiger partial charge in [0.05, 0.1) is 5.56 Å². The number of carbonyl (C=O) groups excluding carboxylic acids is 2. The van der Waals surface area contributed by atoms with E-state index in [1.165, 1.54) is 12.1 Å². The van der Waals surface area contributed by atoms with Crippen molar-refractivity contribution in [3.63, 3.8) is 0 Å². The minimum absolute atomic E-state index is 0.0142. The van der Waals surface area contributed by atoms with Crippen LogP contribution in [0.3, 0.4) is 0 Å². The third-order valence-corrected chi connectivity index (χ3v) is 7.54. The van der Waals surface area contributed by atoms with Crippen LogP contribution in [0.4, 0.5) is 19.0 Å². The number of hydrogen-bond acceptors (Lipinski definition) is 4. The fourth-order valence-corrected chi connectivity index (χ4v) is 5.33. The average Bonchev–Trinajstić information content (AvgIpc) is 3.56. The molecule has 1 aromatic heterocycles. The Hall–Kier alpha value is -3.10. The van der Waals surface area contributed by atoms with Crippen molar-refractivity contribution >= 4 is 17.6 Å². The number of piperazine rings is 1. The number of alkyl halides is 3. The standard InChI is InChI=1S/C25H27F3N4O2/c26-25(27,28)19-5-3-4-18(16-19)22(33)31-10-7-24(8-11-31)17-20(24)23(34)32-14-12-30(13-15-32)21-6-1-2-9-29-21/h1-6,9,16,20H,7-8,10-15,17H2. The molecule has 2 aromatic rings. The zero-order valence-corrected chi connectivity index (χ0v) is 18.8. The van der Waals surface area contributed by atoms with Gasteiger partial charge in [0, 0.05) is 56.9 Å². The first-order valence-corrected chi connectivity index (χ1v) is 11.7. The maximum absolute atomic E-state index is 13.2. The average molecular weight is 473 g/mol. The van der Waals surface area contributed by atoms with E-state index in [4.69, 9.17) is 0 Å². The van der Waals surface area contributed by atoms with Gasteiger partial charge >= 0.3 is 6.18 Å². The number of rotatable bonds is 3. The lowest BCUT2D eigenvalue weighted by atomic mass is 9.90. The van der Waals surface area contributed by atoms with Crippen LogP contribution in [0.25, 0.3) is 0 Å².